The molecule has 18 heavy (non-hydrogen) atoms. The van der Waals surface area contributed by atoms with Gasteiger partial charge < -0.3 is 5.32 Å². The summed E-state index contributed by atoms with van der Waals surface area (Å²) in [4.78, 5) is 0. The Morgan fingerprint density at radius 1 is 1.28 bits per heavy atom. The van der Waals surface area contributed by atoms with Gasteiger partial charge in [0.2, 0.25) is 0 Å². The SMILES string of the molecule is CCCNCCCC(C)n1nnc2ccccc21. The molecule has 4 heteroatoms. The number of nitrogens with zero attached hydrogens (tertiary/aromatic N) is 3. The Labute approximate surface area is 108 Å². The van der Waals surface area contributed by atoms with Crippen LogP contribution in [-0.4, -0.2) is 28.1 Å². The van der Waals surface area contributed by atoms with E-state index in [0.717, 1.165) is 30.5 Å². The van der Waals surface area contributed by atoms with E-state index in [0.29, 0.717) is 6.04 Å². The van der Waals surface area contributed by atoms with Crippen LogP contribution in [0.1, 0.15) is 39.2 Å². The van der Waals surface area contributed by atoms with E-state index in [-0.39, 0.29) is 0 Å². The zero-order valence-electron chi connectivity index (χ0n) is 11.3. The van der Waals surface area contributed by atoms with Gasteiger partial charge in [-0.1, -0.05) is 24.3 Å². The third kappa shape index (κ3) is 3.07. The smallest absolute Gasteiger partial charge is 0.113 e. The molecule has 1 atom stereocenters. The third-order valence-electron chi connectivity index (χ3n) is 3.20. The molecule has 0 saturated heterocycles. The molecule has 1 aromatic carbocycles. The molecule has 1 N–H and O–H groups in total. The largest absolute Gasteiger partial charge is 0.317 e. The molecule has 0 radical (unpaired) electrons. The number of hydrogen-bond acceptors (Lipinski definition) is 3. The summed E-state index contributed by atoms with van der Waals surface area (Å²) in [7, 11) is 0. The highest BCUT2D eigenvalue weighted by Gasteiger charge is 2.09. The van der Waals surface area contributed by atoms with Crippen LogP contribution in [0, 0.1) is 0 Å². The van der Waals surface area contributed by atoms with E-state index < -0.39 is 0 Å². The molecule has 0 fully saturated rings. The first-order valence-electron chi connectivity index (χ1n) is 6.83. The Balaban J connectivity index is 1.90. The van der Waals surface area contributed by atoms with Crippen LogP contribution >= 0.6 is 0 Å². The minimum atomic E-state index is 0.404. The number of fused-ring (bicyclic) bond motifs is 1. The number of hydrogen-bond donors (Lipinski definition) is 1. The van der Waals surface area contributed by atoms with Gasteiger partial charge in [0.1, 0.15) is 5.52 Å². The van der Waals surface area contributed by atoms with Gasteiger partial charge >= 0.3 is 0 Å². The molecule has 0 aliphatic rings. The van der Waals surface area contributed by atoms with E-state index >= 15 is 0 Å². The normalized spacial score (nSPS) is 13.0. The summed E-state index contributed by atoms with van der Waals surface area (Å²) in [6.07, 6.45) is 3.50. The fourth-order valence-corrected chi connectivity index (χ4v) is 2.16. The van der Waals surface area contributed by atoms with E-state index in [1.165, 1.54) is 12.8 Å². The van der Waals surface area contributed by atoms with E-state index in [1.807, 2.05) is 22.9 Å². The monoisotopic (exact) mass is 246 g/mol. The van der Waals surface area contributed by atoms with Gasteiger partial charge in [0, 0.05) is 0 Å². The van der Waals surface area contributed by atoms with Crippen molar-refractivity contribution in [1.82, 2.24) is 20.3 Å². The van der Waals surface area contributed by atoms with Crippen molar-refractivity contribution in [3.63, 3.8) is 0 Å². The van der Waals surface area contributed by atoms with Gasteiger partial charge in [-0.05, 0) is 51.4 Å². The second-order valence-electron chi connectivity index (χ2n) is 4.76. The lowest BCUT2D eigenvalue weighted by molar-refractivity contribution is 0.440. The van der Waals surface area contributed by atoms with Gasteiger partial charge in [-0.3, -0.25) is 0 Å². The van der Waals surface area contributed by atoms with Crippen molar-refractivity contribution in [1.29, 1.82) is 0 Å². The molecule has 1 unspecified atom stereocenters. The van der Waals surface area contributed by atoms with E-state index in [9.17, 15) is 0 Å². The number of aromatic nitrogens is 3. The zero-order valence-corrected chi connectivity index (χ0v) is 11.3. The lowest BCUT2D eigenvalue weighted by Gasteiger charge is -2.12. The van der Waals surface area contributed by atoms with E-state index in [4.69, 9.17) is 0 Å². The Morgan fingerprint density at radius 3 is 2.94 bits per heavy atom. The summed E-state index contributed by atoms with van der Waals surface area (Å²) in [6.45, 7) is 6.60. The summed E-state index contributed by atoms with van der Waals surface area (Å²) in [5, 5.41) is 11.9. The van der Waals surface area contributed by atoms with Gasteiger partial charge in [-0.2, -0.15) is 0 Å². The van der Waals surface area contributed by atoms with Crippen LogP contribution in [0.3, 0.4) is 0 Å². The molecule has 0 bridgehead atoms. The van der Waals surface area contributed by atoms with Crippen molar-refractivity contribution in [2.45, 2.75) is 39.2 Å². The highest BCUT2D eigenvalue weighted by atomic mass is 15.4. The molecule has 0 spiro atoms. The molecule has 0 aliphatic heterocycles. The Bertz CT molecular complexity index is 477. The maximum absolute atomic E-state index is 4.26. The van der Waals surface area contributed by atoms with Crippen LogP contribution in [0.5, 0.6) is 0 Å². The molecule has 0 aliphatic carbocycles. The Morgan fingerprint density at radius 2 is 2.11 bits per heavy atom. The Hall–Kier alpha value is -1.42. The molecule has 1 heterocycles. The lowest BCUT2D eigenvalue weighted by Crippen LogP contribution is -2.17. The van der Waals surface area contributed by atoms with E-state index in [2.05, 4.69) is 35.5 Å². The average molecular weight is 246 g/mol. The van der Waals surface area contributed by atoms with Crippen molar-refractivity contribution in [2.75, 3.05) is 13.1 Å². The fourth-order valence-electron chi connectivity index (χ4n) is 2.16. The molecule has 1 aromatic heterocycles. The molecule has 0 saturated carbocycles. The van der Waals surface area contributed by atoms with Gasteiger partial charge in [0.15, 0.2) is 0 Å². The van der Waals surface area contributed by atoms with Crippen LogP contribution in [0.4, 0.5) is 0 Å². The molecule has 4 nitrogen and oxygen atoms in total. The van der Waals surface area contributed by atoms with Crippen LogP contribution in [-0.2, 0) is 0 Å². The maximum atomic E-state index is 4.26. The molecule has 0 amide bonds. The number of benzene rings is 1. The van der Waals surface area contributed by atoms with Crippen molar-refractivity contribution >= 4 is 11.0 Å². The van der Waals surface area contributed by atoms with Gasteiger partial charge in [0.25, 0.3) is 0 Å². The minimum Gasteiger partial charge on any atom is -0.317 e. The standard InChI is InChI=1S/C14H22N4/c1-3-10-15-11-6-7-12(2)18-14-9-5-4-8-13(14)16-17-18/h4-5,8-9,12,15H,3,6-7,10-11H2,1-2H3. The lowest BCUT2D eigenvalue weighted by atomic mass is 10.2. The minimum absolute atomic E-state index is 0.404. The van der Waals surface area contributed by atoms with Crippen LogP contribution in [0.2, 0.25) is 0 Å². The summed E-state index contributed by atoms with van der Waals surface area (Å²) in [6, 6.07) is 8.54. The molecular formula is C14H22N4. The van der Waals surface area contributed by atoms with Gasteiger partial charge in [0.05, 0.1) is 11.6 Å². The van der Waals surface area contributed by atoms with Crippen LogP contribution in [0.25, 0.3) is 11.0 Å². The van der Waals surface area contributed by atoms with Gasteiger partial charge in [-0.15, -0.1) is 5.10 Å². The maximum Gasteiger partial charge on any atom is 0.113 e. The highest BCUT2D eigenvalue weighted by Crippen LogP contribution is 2.18. The van der Waals surface area contributed by atoms with Crippen molar-refractivity contribution in [3.8, 4) is 0 Å². The fraction of sp³-hybridized carbons (Fsp3) is 0.571. The summed E-state index contributed by atoms with van der Waals surface area (Å²) in [5.74, 6) is 0. The Kier molecular flexibility index (Phi) is 4.70. The number of para-hydroxylation sites is 1. The van der Waals surface area contributed by atoms with Crippen molar-refractivity contribution in [3.05, 3.63) is 24.3 Å². The quantitative estimate of drug-likeness (QED) is 0.764. The summed E-state index contributed by atoms with van der Waals surface area (Å²) >= 11 is 0. The molecule has 2 aromatic rings. The second-order valence-corrected chi connectivity index (χ2v) is 4.76. The van der Waals surface area contributed by atoms with Gasteiger partial charge in [-0.25, -0.2) is 4.68 Å². The first-order valence-corrected chi connectivity index (χ1v) is 6.83. The number of rotatable bonds is 7. The first-order chi connectivity index (χ1) is 8.83. The average Bonchev–Trinajstić information content (AvgIpc) is 2.82. The topological polar surface area (TPSA) is 42.7 Å². The predicted molar refractivity (Wildman–Crippen MR) is 74.6 cm³/mol. The van der Waals surface area contributed by atoms with Crippen LogP contribution in [0.15, 0.2) is 24.3 Å². The van der Waals surface area contributed by atoms with Crippen molar-refractivity contribution < 1.29 is 0 Å². The molecule has 2 rings (SSSR count). The highest BCUT2D eigenvalue weighted by molar-refractivity contribution is 5.73. The molecular weight excluding hydrogens is 224 g/mol. The zero-order chi connectivity index (χ0) is 12.8. The first kappa shape index (κ1) is 13.0. The summed E-state index contributed by atoms with van der Waals surface area (Å²) < 4.78 is 2.04. The van der Waals surface area contributed by atoms with Crippen molar-refractivity contribution in [2.24, 2.45) is 0 Å². The van der Waals surface area contributed by atoms with Crippen LogP contribution < -0.4 is 5.32 Å². The summed E-state index contributed by atoms with van der Waals surface area (Å²) in [5.41, 5.74) is 2.11. The second kappa shape index (κ2) is 6.50. The molecule has 98 valence electrons. The number of nitrogens with one attached hydrogen (secondary N) is 1. The predicted octanol–water partition coefficient (Wildman–Crippen LogP) is 2.77. The third-order valence-corrected chi connectivity index (χ3v) is 3.20. The van der Waals surface area contributed by atoms with E-state index in [1.54, 1.807) is 0 Å².